The Morgan fingerprint density at radius 2 is 1.87 bits per heavy atom. The lowest BCUT2D eigenvalue weighted by Gasteiger charge is -2.09. The van der Waals surface area contributed by atoms with Crippen LogP contribution in [0.25, 0.3) is 5.57 Å². The third-order valence-electron chi connectivity index (χ3n) is 3.06. The van der Waals surface area contributed by atoms with Crippen LogP contribution in [0.1, 0.15) is 24.0 Å². The van der Waals surface area contributed by atoms with Crippen LogP contribution in [0.4, 0.5) is 0 Å². The maximum atomic E-state index is 2.38. The highest BCUT2D eigenvalue weighted by Gasteiger charge is 2.07. The van der Waals surface area contributed by atoms with Crippen LogP contribution in [0, 0.1) is 6.92 Å². The third-order valence-corrected chi connectivity index (χ3v) is 3.06. The predicted octanol–water partition coefficient (Wildman–Crippen LogP) is 3.10. The second-order valence-corrected chi connectivity index (χ2v) is 4.46. The van der Waals surface area contributed by atoms with Gasteiger partial charge in [0.2, 0.25) is 0 Å². The lowest BCUT2D eigenvalue weighted by atomic mass is 10.0. The van der Waals surface area contributed by atoms with E-state index in [1.165, 1.54) is 36.1 Å². The number of hydrogen-bond acceptors (Lipinski definition) is 1. The molecule has 0 unspecified atom stereocenters. The number of hydrogen-bond donors (Lipinski definition) is 0. The van der Waals surface area contributed by atoms with Gasteiger partial charge in [0.25, 0.3) is 0 Å². The second-order valence-electron chi connectivity index (χ2n) is 4.46. The minimum absolute atomic E-state index is 1.09. The molecule has 0 fully saturated rings. The van der Waals surface area contributed by atoms with Crippen LogP contribution in [0.15, 0.2) is 30.3 Å². The first-order valence-electron chi connectivity index (χ1n) is 5.70. The molecule has 0 atom stereocenters. The summed E-state index contributed by atoms with van der Waals surface area (Å²) in [6.07, 6.45) is 4.86. The fourth-order valence-electron chi connectivity index (χ4n) is 2.03. The zero-order chi connectivity index (χ0) is 10.7. The van der Waals surface area contributed by atoms with E-state index in [0.29, 0.717) is 0 Å². The number of aryl methyl sites for hydroxylation is 1. The SMILES string of the molecule is Cc1ccc(C2=CCN(C)CCC2)cc1. The van der Waals surface area contributed by atoms with Gasteiger partial charge in [-0.15, -0.1) is 0 Å². The van der Waals surface area contributed by atoms with Gasteiger partial charge in [0, 0.05) is 6.54 Å². The van der Waals surface area contributed by atoms with Gasteiger partial charge in [0.15, 0.2) is 0 Å². The molecule has 1 aliphatic rings. The molecule has 0 saturated heterocycles. The van der Waals surface area contributed by atoms with Crippen LogP contribution in [-0.2, 0) is 0 Å². The summed E-state index contributed by atoms with van der Waals surface area (Å²) in [5, 5.41) is 0. The van der Waals surface area contributed by atoms with E-state index in [9.17, 15) is 0 Å². The van der Waals surface area contributed by atoms with Crippen molar-refractivity contribution in [2.45, 2.75) is 19.8 Å². The van der Waals surface area contributed by atoms with Crippen molar-refractivity contribution < 1.29 is 0 Å². The van der Waals surface area contributed by atoms with E-state index < -0.39 is 0 Å². The van der Waals surface area contributed by atoms with Gasteiger partial charge >= 0.3 is 0 Å². The van der Waals surface area contributed by atoms with Gasteiger partial charge in [-0.3, -0.25) is 0 Å². The number of likely N-dealkylation sites (N-methyl/N-ethyl adjacent to an activating group) is 1. The van der Waals surface area contributed by atoms with Gasteiger partial charge < -0.3 is 4.90 Å². The average molecular weight is 201 g/mol. The van der Waals surface area contributed by atoms with Gasteiger partial charge in [-0.25, -0.2) is 0 Å². The molecule has 80 valence electrons. The summed E-state index contributed by atoms with van der Waals surface area (Å²) in [6, 6.07) is 8.88. The zero-order valence-electron chi connectivity index (χ0n) is 9.66. The predicted molar refractivity (Wildman–Crippen MR) is 65.9 cm³/mol. The van der Waals surface area contributed by atoms with E-state index in [1.807, 2.05) is 0 Å². The Bertz CT molecular complexity index is 348. The lowest BCUT2D eigenvalue weighted by Crippen LogP contribution is -2.17. The Morgan fingerprint density at radius 3 is 2.60 bits per heavy atom. The summed E-state index contributed by atoms with van der Waals surface area (Å²) in [7, 11) is 2.19. The smallest absolute Gasteiger partial charge is 0.0166 e. The molecular formula is C14H19N. The molecule has 0 amide bonds. The molecule has 1 nitrogen and oxygen atoms in total. The van der Waals surface area contributed by atoms with E-state index >= 15 is 0 Å². The van der Waals surface area contributed by atoms with Crippen LogP contribution >= 0.6 is 0 Å². The topological polar surface area (TPSA) is 3.24 Å². The normalized spacial score (nSPS) is 18.4. The molecule has 1 aromatic rings. The zero-order valence-corrected chi connectivity index (χ0v) is 9.66. The van der Waals surface area contributed by atoms with Crippen molar-refractivity contribution in [3.63, 3.8) is 0 Å². The maximum Gasteiger partial charge on any atom is 0.0166 e. The quantitative estimate of drug-likeness (QED) is 0.675. The molecule has 1 aliphatic heterocycles. The minimum atomic E-state index is 1.09. The van der Waals surface area contributed by atoms with Gasteiger partial charge in [0.05, 0.1) is 0 Å². The first kappa shape index (κ1) is 10.4. The Balaban J connectivity index is 2.19. The Hall–Kier alpha value is -1.08. The molecule has 1 aromatic carbocycles. The highest BCUT2D eigenvalue weighted by molar-refractivity contribution is 5.66. The molecule has 0 radical (unpaired) electrons. The second kappa shape index (κ2) is 4.63. The molecular weight excluding hydrogens is 182 g/mol. The molecule has 0 N–H and O–H groups in total. The monoisotopic (exact) mass is 201 g/mol. The molecule has 1 heterocycles. The molecule has 0 bridgehead atoms. The third kappa shape index (κ3) is 2.69. The van der Waals surface area contributed by atoms with Crippen molar-refractivity contribution >= 4 is 5.57 Å². The number of benzene rings is 1. The summed E-state index contributed by atoms with van der Waals surface area (Å²) < 4.78 is 0. The van der Waals surface area contributed by atoms with E-state index in [1.54, 1.807) is 0 Å². The molecule has 0 aromatic heterocycles. The van der Waals surface area contributed by atoms with Crippen LogP contribution in [-0.4, -0.2) is 25.0 Å². The number of allylic oxidation sites excluding steroid dienone is 1. The van der Waals surface area contributed by atoms with Crippen molar-refractivity contribution in [1.82, 2.24) is 4.90 Å². The standard InChI is InChI=1S/C14H19N/c1-12-5-7-14(8-6-12)13-4-3-10-15(2)11-9-13/h5-9H,3-4,10-11H2,1-2H3. The van der Waals surface area contributed by atoms with E-state index in [0.717, 1.165) is 6.54 Å². The van der Waals surface area contributed by atoms with E-state index in [4.69, 9.17) is 0 Å². The van der Waals surface area contributed by atoms with Crippen molar-refractivity contribution in [1.29, 1.82) is 0 Å². The van der Waals surface area contributed by atoms with Gasteiger partial charge in [-0.05, 0) is 44.5 Å². The largest absolute Gasteiger partial charge is 0.303 e. The molecule has 15 heavy (non-hydrogen) atoms. The maximum absolute atomic E-state index is 2.38. The van der Waals surface area contributed by atoms with Gasteiger partial charge in [-0.1, -0.05) is 35.9 Å². The van der Waals surface area contributed by atoms with Gasteiger partial charge in [0.1, 0.15) is 0 Å². The Labute approximate surface area is 92.4 Å². The van der Waals surface area contributed by atoms with Crippen LogP contribution in [0.5, 0.6) is 0 Å². The Morgan fingerprint density at radius 1 is 1.13 bits per heavy atom. The summed E-state index contributed by atoms with van der Waals surface area (Å²) in [6.45, 7) is 4.44. The molecule has 0 spiro atoms. The Kier molecular flexibility index (Phi) is 3.22. The first-order chi connectivity index (χ1) is 7.25. The first-order valence-corrected chi connectivity index (χ1v) is 5.70. The van der Waals surface area contributed by atoms with Crippen molar-refractivity contribution in [2.24, 2.45) is 0 Å². The van der Waals surface area contributed by atoms with Crippen molar-refractivity contribution in [2.75, 3.05) is 20.1 Å². The number of rotatable bonds is 1. The summed E-state index contributed by atoms with van der Waals surface area (Å²) in [4.78, 5) is 2.38. The summed E-state index contributed by atoms with van der Waals surface area (Å²) in [5.41, 5.74) is 4.25. The minimum Gasteiger partial charge on any atom is -0.303 e. The van der Waals surface area contributed by atoms with Crippen LogP contribution in [0.3, 0.4) is 0 Å². The number of nitrogens with zero attached hydrogens (tertiary/aromatic N) is 1. The highest BCUT2D eigenvalue weighted by Crippen LogP contribution is 2.22. The van der Waals surface area contributed by atoms with Crippen molar-refractivity contribution in [3.05, 3.63) is 41.5 Å². The fourth-order valence-corrected chi connectivity index (χ4v) is 2.03. The van der Waals surface area contributed by atoms with E-state index in [-0.39, 0.29) is 0 Å². The van der Waals surface area contributed by atoms with Crippen LogP contribution < -0.4 is 0 Å². The lowest BCUT2D eigenvalue weighted by molar-refractivity contribution is 0.372. The highest BCUT2D eigenvalue weighted by atomic mass is 15.1. The van der Waals surface area contributed by atoms with Gasteiger partial charge in [-0.2, -0.15) is 0 Å². The molecule has 1 heteroatoms. The summed E-state index contributed by atoms with van der Waals surface area (Å²) >= 11 is 0. The van der Waals surface area contributed by atoms with E-state index in [2.05, 4.69) is 49.2 Å². The molecule has 0 saturated carbocycles. The molecule has 0 aliphatic carbocycles. The fraction of sp³-hybridized carbons (Fsp3) is 0.429. The van der Waals surface area contributed by atoms with Crippen molar-refractivity contribution in [3.8, 4) is 0 Å². The average Bonchev–Trinajstić information content (AvgIpc) is 2.44. The molecule has 2 rings (SSSR count). The summed E-state index contributed by atoms with van der Waals surface area (Å²) in [5.74, 6) is 0. The van der Waals surface area contributed by atoms with Crippen LogP contribution in [0.2, 0.25) is 0 Å².